The normalized spacial score (nSPS) is 29.3. The summed E-state index contributed by atoms with van der Waals surface area (Å²) in [6.07, 6.45) is 1.40. The molecule has 1 aliphatic carbocycles. The lowest BCUT2D eigenvalue weighted by atomic mass is 10.00. The summed E-state index contributed by atoms with van der Waals surface area (Å²) in [5, 5.41) is 9.83. The van der Waals surface area contributed by atoms with Gasteiger partial charge in [0, 0.05) is 19.0 Å². The second kappa shape index (κ2) is 5.21. The minimum atomic E-state index is -0.259. The van der Waals surface area contributed by atoms with Gasteiger partial charge in [0.15, 0.2) is 0 Å². The average molecular weight is 261 g/mol. The molecule has 2 aliphatic rings. The molecule has 0 spiro atoms. The smallest absolute Gasteiger partial charge is 0.410 e. The summed E-state index contributed by atoms with van der Waals surface area (Å²) in [7, 11) is 0. The molecule has 0 unspecified atom stereocenters. The maximum absolute atomic E-state index is 12.0. The van der Waals surface area contributed by atoms with E-state index in [-0.39, 0.29) is 18.1 Å². The molecule has 0 aromatic heterocycles. The highest BCUT2D eigenvalue weighted by molar-refractivity contribution is 5.68. The van der Waals surface area contributed by atoms with Crippen molar-refractivity contribution in [3.05, 3.63) is 35.9 Å². The molecule has 1 aliphatic heterocycles. The molecule has 1 N–H and O–H groups in total. The number of carbonyl (C=O) groups excluding carboxylic acids is 1. The van der Waals surface area contributed by atoms with Crippen LogP contribution in [0.5, 0.6) is 0 Å². The number of aliphatic hydroxyl groups is 1. The third kappa shape index (κ3) is 2.59. The van der Waals surface area contributed by atoms with E-state index in [2.05, 4.69) is 0 Å². The largest absolute Gasteiger partial charge is 0.445 e. The number of rotatable bonds is 2. The van der Waals surface area contributed by atoms with Crippen LogP contribution in [-0.2, 0) is 11.3 Å². The maximum Gasteiger partial charge on any atom is 0.410 e. The number of fused-ring (bicyclic) bond motifs is 1. The van der Waals surface area contributed by atoms with E-state index in [0.717, 1.165) is 24.9 Å². The molecule has 0 radical (unpaired) electrons. The van der Waals surface area contributed by atoms with E-state index in [0.29, 0.717) is 19.1 Å². The van der Waals surface area contributed by atoms with Crippen LogP contribution >= 0.6 is 0 Å². The van der Waals surface area contributed by atoms with Gasteiger partial charge in [0.1, 0.15) is 6.61 Å². The molecule has 4 nitrogen and oxygen atoms in total. The van der Waals surface area contributed by atoms with Gasteiger partial charge in [0.25, 0.3) is 0 Å². The van der Waals surface area contributed by atoms with Crippen LogP contribution in [0.3, 0.4) is 0 Å². The molecular weight excluding hydrogens is 242 g/mol. The van der Waals surface area contributed by atoms with E-state index in [4.69, 9.17) is 4.74 Å². The third-order valence-electron chi connectivity index (χ3n) is 4.28. The summed E-state index contributed by atoms with van der Waals surface area (Å²) in [4.78, 5) is 13.7. The van der Waals surface area contributed by atoms with Crippen LogP contribution in [0, 0.1) is 11.8 Å². The van der Waals surface area contributed by atoms with Crippen LogP contribution in [-0.4, -0.2) is 35.3 Å². The Labute approximate surface area is 113 Å². The van der Waals surface area contributed by atoms with Gasteiger partial charge in [-0.15, -0.1) is 0 Å². The number of benzene rings is 1. The Morgan fingerprint density at radius 1 is 1.26 bits per heavy atom. The molecule has 1 saturated heterocycles. The molecule has 3 atom stereocenters. The lowest BCUT2D eigenvalue weighted by Crippen LogP contribution is -2.31. The lowest BCUT2D eigenvalue weighted by Gasteiger charge is -2.18. The highest BCUT2D eigenvalue weighted by atomic mass is 16.6. The second-order valence-electron chi connectivity index (χ2n) is 5.51. The Morgan fingerprint density at radius 2 is 2.05 bits per heavy atom. The molecule has 1 aromatic rings. The number of amides is 1. The van der Waals surface area contributed by atoms with Crippen molar-refractivity contribution < 1.29 is 14.6 Å². The first-order valence-corrected chi connectivity index (χ1v) is 6.88. The summed E-state index contributed by atoms with van der Waals surface area (Å²) < 4.78 is 5.32. The zero-order valence-corrected chi connectivity index (χ0v) is 10.9. The van der Waals surface area contributed by atoms with Gasteiger partial charge >= 0.3 is 6.09 Å². The number of hydrogen-bond acceptors (Lipinski definition) is 3. The monoisotopic (exact) mass is 261 g/mol. The number of likely N-dealkylation sites (tertiary alicyclic amines) is 1. The molecule has 19 heavy (non-hydrogen) atoms. The summed E-state index contributed by atoms with van der Waals surface area (Å²) >= 11 is 0. The van der Waals surface area contributed by atoms with Crippen LogP contribution in [0.1, 0.15) is 18.4 Å². The summed E-state index contributed by atoms with van der Waals surface area (Å²) in [5.41, 5.74) is 0.996. The van der Waals surface area contributed by atoms with Crippen molar-refractivity contribution in [2.45, 2.75) is 25.6 Å². The van der Waals surface area contributed by atoms with Gasteiger partial charge in [-0.05, 0) is 24.3 Å². The van der Waals surface area contributed by atoms with Gasteiger partial charge in [-0.25, -0.2) is 4.79 Å². The molecule has 4 heteroatoms. The van der Waals surface area contributed by atoms with E-state index in [1.165, 1.54) is 0 Å². The van der Waals surface area contributed by atoms with Crippen LogP contribution in [0.15, 0.2) is 30.3 Å². The first-order chi connectivity index (χ1) is 9.24. The highest BCUT2D eigenvalue weighted by Crippen LogP contribution is 2.38. The van der Waals surface area contributed by atoms with Crippen molar-refractivity contribution in [3.63, 3.8) is 0 Å². The fraction of sp³-hybridized carbons (Fsp3) is 0.533. The Balaban J connectivity index is 1.52. The maximum atomic E-state index is 12.0. The molecule has 102 valence electrons. The van der Waals surface area contributed by atoms with Gasteiger partial charge < -0.3 is 14.7 Å². The van der Waals surface area contributed by atoms with Crippen LogP contribution < -0.4 is 0 Å². The van der Waals surface area contributed by atoms with Crippen LogP contribution in [0.4, 0.5) is 4.79 Å². The zero-order valence-electron chi connectivity index (χ0n) is 10.9. The van der Waals surface area contributed by atoms with Gasteiger partial charge in [0.2, 0.25) is 0 Å². The summed E-state index contributed by atoms with van der Waals surface area (Å²) in [5.74, 6) is 0.712. The van der Waals surface area contributed by atoms with Gasteiger partial charge in [0.05, 0.1) is 6.10 Å². The molecular formula is C15H19NO3. The Bertz CT molecular complexity index is 448. The first kappa shape index (κ1) is 12.5. The summed E-state index contributed by atoms with van der Waals surface area (Å²) in [6.45, 7) is 1.68. The predicted molar refractivity (Wildman–Crippen MR) is 70.4 cm³/mol. The quantitative estimate of drug-likeness (QED) is 0.886. The van der Waals surface area contributed by atoms with E-state index in [1.807, 2.05) is 30.3 Å². The standard InChI is InChI=1S/C15H19NO3/c17-14-7-6-12-8-16(9-13(12)14)15(18)19-10-11-4-2-1-3-5-11/h1-5,12-14,17H,6-10H2/t12-,13+,14-/m1/s1. The van der Waals surface area contributed by atoms with Crippen molar-refractivity contribution >= 4 is 6.09 Å². The molecule has 3 rings (SSSR count). The fourth-order valence-electron chi connectivity index (χ4n) is 3.20. The molecule has 1 amide bonds. The van der Waals surface area contributed by atoms with Crippen molar-refractivity contribution in [2.24, 2.45) is 11.8 Å². The van der Waals surface area contributed by atoms with Crippen molar-refractivity contribution in [1.29, 1.82) is 0 Å². The van der Waals surface area contributed by atoms with E-state index in [1.54, 1.807) is 4.90 Å². The van der Waals surface area contributed by atoms with Crippen LogP contribution in [0.2, 0.25) is 0 Å². The molecule has 1 heterocycles. The van der Waals surface area contributed by atoms with Crippen molar-refractivity contribution in [3.8, 4) is 0 Å². The van der Waals surface area contributed by atoms with E-state index >= 15 is 0 Å². The third-order valence-corrected chi connectivity index (χ3v) is 4.28. The first-order valence-electron chi connectivity index (χ1n) is 6.88. The number of ether oxygens (including phenoxy) is 1. The van der Waals surface area contributed by atoms with Gasteiger partial charge in [-0.3, -0.25) is 0 Å². The SMILES string of the molecule is O=C(OCc1ccccc1)N1C[C@H]2CC[C@@H](O)[C@H]2C1. The van der Waals surface area contributed by atoms with Crippen molar-refractivity contribution in [1.82, 2.24) is 4.90 Å². The van der Waals surface area contributed by atoms with E-state index < -0.39 is 0 Å². The minimum Gasteiger partial charge on any atom is -0.445 e. The van der Waals surface area contributed by atoms with Gasteiger partial charge in [-0.2, -0.15) is 0 Å². The molecule has 1 saturated carbocycles. The summed E-state index contributed by atoms with van der Waals surface area (Å²) in [6, 6.07) is 9.68. The minimum absolute atomic E-state index is 0.239. The zero-order chi connectivity index (χ0) is 13.2. The predicted octanol–water partition coefficient (Wildman–Crippen LogP) is 2.03. The van der Waals surface area contributed by atoms with Crippen LogP contribution in [0.25, 0.3) is 0 Å². The van der Waals surface area contributed by atoms with Gasteiger partial charge in [-0.1, -0.05) is 30.3 Å². The highest BCUT2D eigenvalue weighted by Gasteiger charge is 2.43. The fourth-order valence-corrected chi connectivity index (χ4v) is 3.20. The second-order valence-corrected chi connectivity index (χ2v) is 5.51. The Kier molecular flexibility index (Phi) is 3.42. The number of nitrogens with zero attached hydrogens (tertiary/aromatic N) is 1. The lowest BCUT2D eigenvalue weighted by molar-refractivity contribution is 0.0924. The average Bonchev–Trinajstić information content (AvgIpc) is 3.00. The molecule has 1 aromatic carbocycles. The number of carbonyl (C=O) groups is 1. The molecule has 2 fully saturated rings. The Hall–Kier alpha value is -1.55. The topological polar surface area (TPSA) is 49.8 Å². The number of aliphatic hydroxyl groups excluding tert-OH is 1. The van der Waals surface area contributed by atoms with Crippen molar-refractivity contribution in [2.75, 3.05) is 13.1 Å². The molecule has 0 bridgehead atoms. The Morgan fingerprint density at radius 3 is 2.79 bits per heavy atom. The number of hydrogen-bond donors (Lipinski definition) is 1. The van der Waals surface area contributed by atoms with E-state index in [9.17, 15) is 9.90 Å².